The Hall–Kier alpha value is -0.150. The van der Waals surface area contributed by atoms with E-state index in [1.165, 1.54) is 6.07 Å². The van der Waals surface area contributed by atoms with Crippen molar-refractivity contribution in [2.24, 2.45) is 5.41 Å². The van der Waals surface area contributed by atoms with Crippen LogP contribution in [0.5, 0.6) is 0 Å². The number of hydrogen-bond donors (Lipinski definition) is 2. The van der Waals surface area contributed by atoms with Gasteiger partial charge in [-0.2, -0.15) is 0 Å². The minimum absolute atomic E-state index is 0.0564. The van der Waals surface area contributed by atoms with Gasteiger partial charge in [-0.15, -0.1) is 11.3 Å². The molecular weight excluding hydrogens is 390 g/mol. The molecule has 2 N–H and O–H groups in total. The summed E-state index contributed by atoms with van der Waals surface area (Å²) in [6.07, 6.45) is 0.687. The molecule has 0 bridgehead atoms. The maximum absolute atomic E-state index is 12.1. The van der Waals surface area contributed by atoms with Gasteiger partial charge in [-0.1, -0.05) is 25.4 Å². The van der Waals surface area contributed by atoms with Gasteiger partial charge in [0.2, 0.25) is 10.0 Å². The molecular formula is C11H15BrClNO4S2. The average Bonchev–Trinajstić information content (AvgIpc) is 2.72. The van der Waals surface area contributed by atoms with Crippen molar-refractivity contribution in [3.05, 3.63) is 14.9 Å². The fourth-order valence-corrected chi connectivity index (χ4v) is 5.21. The van der Waals surface area contributed by atoms with Gasteiger partial charge in [0.05, 0.1) is 14.2 Å². The first-order valence-corrected chi connectivity index (χ1v) is 9.33. The van der Waals surface area contributed by atoms with Crippen LogP contribution in [0, 0.1) is 5.41 Å². The number of aliphatic carboxylic acids is 1. The summed E-state index contributed by atoms with van der Waals surface area (Å²) in [6, 6.07) is 1.33. The lowest BCUT2D eigenvalue weighted by atomic mass is 9.83. The molecule has 0 radical (unpaired) electrons. The van der Waals surface area contributed by atoms with E-state index in [9.17, 15) is 18.3 Å². The fourth-order valence-electron chi connectivity index (χ4n) is 1.64. The quantitative estimate of drug-likeness (QED) is 0.730. The number of nitrogens with one attached hydrogen (secondary N) is 1. The third kappa shape index (κ3) is 3.73. The molecule has 20 heavy (non-hydrogen) atoms. The summed E-state index contributed by atoms with van der Waals surface area (Å²) < 4.78 is 27.2. The molecule has 0 saturated carbocycles. The number of carbonyl (C=O) groups is 1. The zero-order chi connectivity index (χ0) is 15.6. The first-order chi connectivity index (χ1) is 9.18. The molecule has 1 heterocycles. The van der Waals surface area contributed by atoms with Crippen LogP contribution in [0.1, 0.15) is 26.7 Å². The van der Waals surface area contributed by atoms with Gasteiger partial charge in [0, 0.05) is 6.54 Å². The summed E-state index contributed by atoms with van der Waals surface area (Å²) in [5.41, 5.74) is -1.09. The lowest BCUT2D eigenvalue weighted by Gasteiger charge is -2.26. The maximum atomic E-state index is 12.1. The molecule has 9 heteroatoms. The number of hydrogen-bond acceptors (Lipinski definition) is 4. The highest BCUT2D eigenvalue weighted by molar-refractivity contribution is 9.11. The number of thiophene rings is 1. The second-order valence-electron chi connectivity index (χ2n) is 4.30. The normalized spacial score (nSPS) is 12.6. The summed E-state index contributed by atoms with van der Waals surface area (Å²) in [7, 11) is -3.76. The van der Waals surface area contributed by atoms with Crippen LogP contribution in [0.2, 0.25) is 5.02 Å². The monoisotopic (exact) mass is 403 g/mol. The van der Waals surface area contributed by atoms with Crippen molar-refractivity contribution < 1.29 is 18.3 Å². The molecule has 0 aliphatic rings. The van der Waals surface area contributed by atoms with E-state index in [-0.39, 0.29) is 10.8 Å². The van der Waals surface area contributed by atoms with Crippen LogP contribution >= 0.6 is 38.9 Å². The molecule has 1 aromatic rings. The summed E-state index contributed by atoms with van der Waals surface area (Å²) in [4.78, 5) is 11.3. The van der Waals surface area contributed by atoms with E-state index in [2.05, 4.69) is 20.7 Å². The first kappa shape index (κ1) is 17.9. The molecule has 0 atom stereocenters. The van der Waals surface area contributed by atoms with Crippen LogP contribution in [-0.2, 0) is 14.8 Å². The summed E-state index contributed by atoms with van der Waals surface area (Å²) in [5.74, 6) is -1.00. The standard InChI is InChI=1S/C11H15BrClNO4S2/c1-3-11(4-2,10(15)16)6-14-20(17,18)8-5-7(13)9(12)19-8/h5,14H,3-4,6H2,1-2H3,(H,15,16). The van der Waals surface area contributed by atoms with Gasteiger partial charge in [0.15, 0.2) is 0 Å². The zero-order valence-electron chi connectivity index (χ0n) is 10.9. The van der Waals surface area contributed by atoms with Gasteiger partial charge >= 0.3 is 5.97 Å². The van der Waals surface area contributed by atoms with Crippen LogP contribution < -0.4 is 4.72 Å². The Balaban J connectivity index is 2.95. The van der Waals surface area contributed by atoms with Crippen molar-refractivity contribution in [3.63, 3.8) is 0 Å². The van der Waals surface area contributed by atoms with E-state index in [0.29, 0.717) is 21.7 Å². The SMILES string of the molecule is CCC(CC)(CNS(=O)(=O)c1cc(Cl)c(Br)s1)C(=O)O. The smallest absolute Gasteiger partial charge is 0.310 e. The number of sulfonamides is 1. The molecule has 1 rings (SSSR count). The highest BCUT2D eigenvalue weighted by atomic mass is 79.9. The minimum atomic E-state index is -3.76. The van der Waals surface area contributed by atoms with Crippen molar-refractivity contribution in [2.45, 2.75) is 30.9 Å². The second-order valence-corrected chi connectivity index (χ2v) is 9.08. The highest BCUT2D eigenvalue weighted by Crippen LogP contribution is 2.35. The number of carboxylic acids is 1. The lowest BCUT2D eigenvalue weighted by Crippen LogP contribution is -2.42. The largest absolute Gasteiger partial charge is 0.481 e. The van der Waals surface area contributed by atoms with Crippen LogP contribution in [0.3, 0.4) is 0 Å². The third-order valence-corrected chi connectivity index (χ3v) is 7.64. The van der Waals surface area contributed by atoms with E-state index in [1.54, 1.807) is 13.8 Å². The molecule has 0 aromatic carbocycles. The molecule has 0 aliphatic heterocycles. The van der Waals surface area contributed by atoms with E-state index in [0.717, 1.165) is 11.3 Å². The summed E-state index contributed by atoms with van der Waals surface area (Å²) in [6.45, 7) is 3.31. The Morgan fingerprint density at radius 3 is 2.40 bits per heavy atom. The molecule has 0 amide bonds. The number of halogens is 2. The Morgan fingerprint density at radius 2 is 2.05 bits per heavy atom. The van der Waals surface area contributed by atoms with Crippen LogP contribution in [0.25, 0.3) is 0 Å². The number of rotatable bonds is 7. The first-order valence-electron chi connectivity index (χ1n) is 5.86. The summed E-state index contributed by atoms with van der Waals surface area (Å²) >= 11 is 9.94. The van der Waals surface area contributed by atoms with Gasteiger partial charge in [-0.3, -0.25) is 4.79 Å². The fraction of sp³-hybridized carbons (Fsp3) is 0.545. The van der Waals surface area contributed by atoms with E-state index in [4.69, 9.17) is 11.6 Å². The van der Waals surface area contributed by atoms with Gasteiger partial charge in [0.1, 0.15) is 4.21 Å². The Bertz CT molecular complexity index is 576. The molecule has 0 spiro atoms. The molecule has 0 fully saturated rings. The van der Waals surface area contributed by atoms with E-state index >= 15 is 0 Å². The predicted octanol–water partition coefficient (Wildman–Crippen LogP) is 3.33. The lowest BCUT2D eigenvalue weighted by molar-refractivity contribution is -0.149. The molecule has 0 unspecified atom stereocenters. The van der Waals surface area contributed by atoms with Crippen molar-refractivity contribution in [1.82, 2.24) is 4.72 Å². The Labute approximate surface area is 135 Å². The predicted molar refractivity (Wildman–Crippen MR) is 82.9 cm³/mol. The van der Waals surface area contributed by atoms with E-state index < -0.39 is 21.4 Å². The van der Waals surface area contributed by atoms with Gasteiger partial charge < -0.3 is 5.11 Å². The Morgan fingerprint density at radius 1 is 1.50 bits per heavy atom. The maximum Gasteiger partial charge on any atom is 0.310 e. The summed E-state index contributed by atoms with van der Waals surface area (Å²) in [5, 5.41) is 9.59. The Kier molecular flexibility index (Phi) is 6.03. The molecule has 5 nitrogen and oxygen atoms in total. The molecule has 0 saturated heterocycles. The van der Waals surface area contributed by atoms with Crippen molar-refractivity contribution in [3.8, 4) is 0 Å². The minimum Gasteiger partial charge on any atom is -0.481 e. The van der Waals surface area contributed by atoms with Crippen LogP contribution in [0.15, 0.2) is 14.1 Å². The highest BCUT2D eigenvalue weighted by Gasteiger charge is 2.36. The van der Waals surface area contributed by atoms with Crippen molar-refractivity contribution in [1.29, 1.82) is 0 Å². The number of carboxylic acid groups (broad SMARTS) is 1. The third-order valence-electron chi connectivity index (χ3n) is 3.30. The van der Waals surface area contributed by atoms with Crippen LogP contribution in [0.4, 0.5) is 0 Å². The van der Waals surface area contributed by atoms with Crippen LogP contribution in [-0.4, -0.2) is 26.0 Å². The molecule has 1 aromatic heterocycles. The average molecular weight is 405 g/mol. The van der Waals surface area contributed by atoms with Crippen molar-refractivity contribution in [2.75, 3.05) is 6.54 Å². The van der Waals surface area contributed by atoms with Crippen molar-refractivity contribution >= 4 is 54.9 Å². The second kappa shape index (κ2) is 6.74. The molecule has 0 aliphatic carbocycles. The zero-order valence-corrected chi connectivity index (χ0v) is 14.9. The van der Waals surface area contributed by atoms with Gasteiger partial charge in [-0.05, 0) is 34.8 Å². The van der Waals surface area contributed by atoms with Gasteiger partial charge in [0.25, 0.3) is 0 Å². The molecule has 114 valence electrons. The topological polar surface area (TPSA) is 83.5 Å². The van der Waals surface area contributed by atoms with Gasteiger partial charge in [-0.25, -0.2) is 13.1 Å². The van der Waals surface area contributed by atoms with E-state index in [1.807, 2.05) is 0 Å².